The molecule has 1 aliphatic carbocycles. The Morgan fingerprint density at radius 2 is 1.82 bits per heavy atom. The van der Waals surface area contributed by atoms with E-state index in [1.54, 1.807) is 0 Å². The van der Waals surface area contributed by atoms with Crippen LogP contribution in [0.1, 0.15) is 51.0 Å². The summed E-state index contributed by atoms with van der Waals surface area (Å²) in [7, 11) is 0. The highest BCUT2D eigenvalue weighted by atomic mass is 15.1. The van der Waals surface area contributed by atoms with Crippen LogP contribution >= 0.6 is 0 Å². The first-order valence-corrected chi connectivity index (χ1v) is 6.83. The molecule has 0 radical (unpaired) electrons. The van der Waals surface area contributed by atoms with Gasteiger partial charge in [0.1, 0.15) is 0 Å². The summed E-state index contributed by atoms with van der Waals surface area (Å²) >= 11 is 0. The van der Waals surface area contributed by atoms with Crippen molar-refractivity contribution < 1.29 is 0 Å². The van der Waals surface area contributed by atoms with E-state index in [1.165, 1.54) is 38.5 Å². The molecule has 3 nitrogen and oxygen atoms in total. The normalized spacial score (nSPS) is 24.6. The summed E-state index contributed by atoms with van der Waals surface area (Å²) in [4.78, 5) is 8.61. The smallest absolute Gasteiger partial charge is 0.222 e. The van der Waals surface area contributed by atoms with Gasteiger partial charge >= 0.3 is 0 Å². The van der Waals surface area contributed by atoms with Gasteiger partial charge in [-0.1, -0.05) is 19.8 Å². The number of hydrogen-bond acceptors (Lipinski definition) is 3. The third-order valence-electron chi connectivity index (χ3n) is 3.66. The van der Waals surface area contributed by atoms with Crippen molar-refractivity contribution >= 4 is 5.95 Å². The molecular weight excluding hydrogens is 210 g/mol. The quantitative estimate of drug-likeness (QED) is 0.864. The molecule has 0 aromatic carbocycles. The second-order valence-electron chi connectivity index (χ2n) is 5.23. The van der Waals surface area contributed by atoms with Crippen molar-refractivity contribution in [1.29, 1.82) is 0 Å². The highest BCUT2D eigenvalue weighted by Gasteiger charge is 2.20. The zero-order chi connectivity index (χ0) is 12.1. The zero-order valence-electron chi connectivity index (χ0n) is 10.9. The first kappa shape index (κ1) is 12.3. The van der Waals surface area contributed by atoms with Gasteiger partial charge in [0.15, 0.2) is 0 Å². The molecule has 1 saturated carbocycles. The van der Waals surface area contributed by atoms with E-state index in [9.17, 15) is 0 Å². The molecule has 1 heterocycles. The molecule has 0 amide bonds. The van der Waals surface area contributed by atoms with Gasteiger partial charge < -0.3 is 5.32 Å². The molecule has 0 aliphatic heterocycles. The third kappa shape index (κ3) is 3.69. The number of nitrogens with one attached hydrogen (secondary N) is 1. The summed E-state index contributed by atoms with van der Waals surface area (Å²) in [6.07, 6.45) is 11.7. The molecule has 0 bridgehead atoms. The Bertz CT molecular complexity index is 326. The number of aromatic nitrogens is 2. The van der Waals surface area contributed by atoms with Crippen LogP contribution in [0.2, 0.25) is 0 Å². The molecule has 1 aromatic heterocycles. The van der Waals surface area contributed by atoms with Crippen LogP contribution in [0.4, 0.5) is 5.95 Å². The van der Waals surface area contributed by atoms with Crippen LogP contribution in [-0.2, 0) is 0 Å². The van der Waals surface area contributed by atoms with E-state index >= 15 is 0 Å². The van der Waals surface area contributed by atoms with E-state index in [0.717, 1.165) is 17.4 Å². The number of aryl methyl sites for hydroxylation is 1. The SMILES string of the molecule is CCCC1CCC(Nc2ncc(C)cn2)CC1. The van der Waals surface area contributed by atoms with Crippen LogP contribution in [0.15, 0.2) is 12.4 Å². The van der Waals surface area contributed by atoms with Crippen molar-refractivity contribution in [2.24, 2.45) is 5.92 Å². The Morgan fingerprint density at radius 1 is 1.18 bits per heavy atom. The van der Waals surface area contributed by atoms with Gasteiger partial charge in [0, 0.05) is 18.4 Å². The molecule has 3 heteroatoms. The molecule has 1 aliphatic rings. The second kappa shape index (κ2) is 5.99. The molecule has 2 rings (SSSR count). The lowest BCUT2D eigenvalue weighted by Gasteiger charge is -2.28. The van der Waals surface area contributed by atoms with E-state index in [-0.39, 0.29) is 0 Å². The molecule has 0 atom stereocenters. The summed E-state index contributed by atoms with van der Waals surface area (Å²) in [6, 6.07) is 0.575. The van der Waals surface area contributed by atoms with Crippen LogP contribution < -0.4 is 5.32 Å². The van der Waals surface area contributed by atoms with Gasteiger partial charge in [0.05, 0.1) is 0 Å². The predicted molar refractivity (Wildman–Crippen MR) is 71.0 cm³/mol. The number of hydrogen-bond donors (Lipinski definition) is 1. The molecule has 1 N–H and O–H groups in total. The monoisotopic (exact) mass is 233 g/mol. The number of rotatable bonds is 4. The number of nitrogens with zero attached hydrogens (tertiary/aromatic N) is 2. The topological polar surface area (TPSA) is 37.8 Å². The van der Waals surface area contributed by atoms with Gasteiger partial charge in [-0.2, -0.15) is 0 Å². The standard InChI is InChI=1S/C14H23N3/c1-3-4-12-5-7-13(8-6-12)17-14-15-9-11(2)10-16-14/h9-10,12-13H,3-8H2,1-2H3,(H,15,16,17). The fraction of sp³-hybridized carbons (Fsp3) is 0.714. The maximum Gasteiger partial charge on any atom is 0.222 e. The van der Waals surface area contributed by atoms with E-state index in [1.807, 2.05) is 19.3 Å². The van der Waals surface area contributed by atoms with Crippen LogP contribution in [0, 0.1) is 12.8 Å². The van der Waals surface area contributed by atoms with Gasteiger partial charge in [0.2, 0.25) is 5.95 Å². The minimum absolute atomic E-state index is 0.575. The fourth-order valence-corrected chi connectivity index (χ4v) is 2.65. The molecule has 0 saturated heterocycles. The third-order valence-corrected chi connectivity index (χ3v) is 3.66. The van der Waals surface area contributed by atoms with Gasteiger partial charge in [-0.25, -0.2) is 9.97 Å². The maximum absolute atomic E-state index is 4.31. The van der Waals surface area contributed by atoms with E-state index in [4.69, 9.17) is 0 Å². The van der Waals surface area contributed by atoms with Crippen molar-refractivity contribution in [2.45, 2.75) is 58.4 Å². The van der Waals surface area contributed by atoms with Crippen LogP contribution in [-0.4, -0.2) is 16.0 Å². The van der Waals surface area contributed by atoms with Crippen LogP contribution in [0.25, 0.3) is 0 Å². The van der Waals surface area contributed by atoms with Crippen molar-refractivity contribution in [3.05, 3.63) is 18.0 Å². The predicted octanol–water partition coefficient (Wildman–Crippen LogP) is 3.56. The first-order chi connectivity index (χ1) is 8.28. The Kier molecular flexibility index (Phi) is 4.35. The molecule has 1 fully saturated rings. The summed E-state index contributed by atoms with van der Waals surface area (Å²) in [5.74, 6) is 1.74. The van der Waals surface area contributed by atoms with Crippen molar-refractivity contribution in [2.75, 3.05) is 5.32 Å². The van der Waals surface area contributed by atoms with Crippen LogP contribution in [0.5, 0.6) is 0 Å². The van der Waals surface area contributed by atoms with E-state index < -0.39 is 0 Å². The van der Waals surface area contributed by atoms with Gasteiger partial charge in [-0.15, -0.1) is 0 Å². The Labute approximate surface area is 104 Å². The lowest BCUT2D eigenvalue weighted by molar-refractivity contribution is 0.318. The average Bonchev–Trinajstić information content (AvgIpc) is 2.35. The lowest BCUT2D eigenvalue weighted by Crippen LogP contribution is -2.26. The average molecular weight is 233 g/mol. The molecule has 0 unspecified atom stereocenters. The first-order valence-electron chi connectivity index (χ1n) is 6.83. The van der Waals surface area contributed by atoms with E-state index in [2.05, 4.69) is 22.2 Å². The maximum atomic E-state index is 4.31. The molecule has 17 heavy (non-hydrogen) atoms. The van der Waals surface area contributed by atoms with Crippen molar-refractivity contribution in [3.8, 4) is 0 Å². The zero-order valence-corrected chi connectivity index (χ0v) is 10.9. The van der Waals surface area contributed by atoms with Crippen LogP contribution in [0.3, 0.4) is 0 Å². The second-order valence-corrected chi connectivity index (χ2v) is 5.23. The summed E-state index contributed by atoms with van der Waals surface area (Å²) in [6.45, 7) is 4.30. The summed E-state index contributed by atoms with van der Waals surface area (Å²) in [5.41, 5.74) is 1.11. The van der Waals surface area contributed by atoms with E-state index in [0.29, 0.717) is 6.04 Å². The molecular formula is C14H23N3. The summed E-state index contributed by atoms with van der Waals surface area (Å²) < 4.78 is 0. The molecule has 1 aromatic rings. The molecule has 0 spiro atoms. The lowest BCUT2D eigenvalue weighted by atomic mass is 9.83. The highest BCUT2D eigenvalue weighted by molar-refractivity contribution is 5.26. The largest absolute Gasteiger partial charge is 0.351 e. The van der Waals surface area contributed by atoms with Crippen molar-refractivity contribution in [1.82, 2.24) is 9.97 Å². The van der Waals surface area contributed by atoms with Gasteiger partial charge in [0.25, 0.3) is 0 Å². The summed E-state index contributed by atoms with van der Waals surface area (Å²) in [5, 5.41) is 3.45. The van der Waals surface area contributed by atoms with Crippen molar-refractivity contribution in [3.63, 3.8) is 0 Å². The Morgan fingerprint density at radius 3 is 2.41 bits per heavy atom. The Hall–Kier alpha value is -1.12. The number of anilines is 1. The van der Waals surface area contributed by atoms with Gasteiger partial charge in [-0.3, -0.25) is 0 Å². The minimum atomic E-state index is 0.575. The highest BCUT2D eigenvalue weighted by Crippen LogP contribution is 2.28. The van der Waals surface area contributed by atoms with Gasteiger partial charge in [-0.05, 0) is 44.1 Å². The fourth-order valence-electron chi connectivity index (χ4n) is 2.65. The molecule has 94 valence electrons. The Balaban J connectivity index is 1.79. The minimum Gasteiger partial charge on any atom is -0.351 e.